The third-order valence-corrected chi connectivity index (χ3v) is 4.03. The van der Waals surface area contributed by atoms with Crippen LogP contribution in [0, 0.1) is 0 Å². The van der Waals surface area contributed by atoms with Crippen LogP contribution in [0.4, 0.5) is 0 Å². The topological polar surface area (TPSA) is 73.4 Å². The number of aromatic amines is 1. The van der Waals surface area contributed by atoms with E-state index in [0.717, 1.165) is 26.9 Å². The second-order valence-corrected chi connectivity index (χ2v) is 6.12. The molecule has 0 aliphatic rings. The van der Waals surface area contributed by atoms with Crippen molar-refractivity contribution in [2.45, 2.75) is 6.92 Å². The van der Waals surface area contributed by atoms with Crippen molar-refractivity contribution in [1.82, 2.24) is 9.97 Å². The Labute approximate surface area is 153 Å². The number of imidazole rings is 1. The summed E-state index contributed by atoms with van der Waals surface area (Å²) < 4.78 is 16.7. The van der Waals surface area contributed by atoms with Gasteiger partial charge in [0.2, 0.25) is 0 Å². The van der Waals surface area contributed by atoms with E-state index < -0.39 is 5.97 Å². The maximum Gasteiger partial charge on any atom is 0.343 e. The fourth-order valence-electron chi connectivity index (χ4n) is 2.36. The molecule has 0 bridgehead atoms. The number of nitrogens with one attached hydrogen (secondary N) is 1. The van der Waals surface area contributed by atoms with Crippen LogP contribution in [0.3, 0.4) is 0 Å². The van der Waals surface area contributed by atoms with E-state index in [9.17, 15) is 4.79 Å². The fraction of sp³-hybridized carbons (Fsp3) is 0.222. The molecule has 1 N–H and O–H groups in total. The van der Waals surface area contributed by atoms with E-state index in [1.165, 1.54) is 7.11 Å². The first-order valence-electron chi connectivity index (χ1n) is 7.73. The minimum absolute atomic E-state index is 0.172. The highest BCUT2D eigenvalue weighted by Crippen LogP contribution is 2.33. The van der Waals surface area contributed by atoms with E-state index in [4.69, 9.17) is 9.47 Å². The molecule has 3 aromatic rings. The number of ether oxygens (including phenoxy) is 3. The van der Waals surface area contributed by atoms with Crippen LogP contribution < -0.4 is 9.47 Å². The Hall–Kier alpha value is -2.54. The van der Waals surface area contributed by atoms with Crippen LogP contribution >= 0.6 is 15.9 Å². The Kier molecular flexibility index (Phi) is 5.23. The van der Waals surface area contributed by atoms with Gasteiger partial charge >= 0.3 is 5.97 Å². The van der Waals surface area contributed by atoms with E-state index in [1.807, 2.05) is 37.3 Å². The Morgan fingerprint density at radius 3 is 2.76 bits per heavy atom. The Bertz CT molecular complexity index is 907. The van der Waals surface area contributed by atoms with E-state index in [2.05, 4.69) is 30.6 Å². The molecule has 0 radical (unpaired) electrons. The van der Waals surface area contributed by atoms with Crippen LogP contribution in [0.1, 0.15) is 6.92 Å². The molecule has 130 valence electrons. The smallest absolute Gasteiger partial charge is 0.343 e. The van der Waals surface area contributed by atoms with Crippen molar-refractivity contribution in [3.8, 4) is 22.9 Å². The highest BCUT2D eigenvalue weighted by molar-refractivity contribution is 9.10. The number of methoxy groups -OCH3 is 1. The number of rotatable bonds is 6. The number of fused-ring (bicyclic) bond motifs is 1. The van der Waals surface area contributed by atoms with Crippen molar-refractivity contribution < 1.29 is 19.0 Å². The van der Waals surface area contributed by atoms with E-state index in [-0.39, 0.29) is 6.61 Å². The standard InChI is InChI=1S/C18H17BrN2O4/c1-3-24-16-8-11(4-7-15(16)25-10-17(22)23-2)18-20-13-6-5-12(19)9-14(13)21-18/h4-9H,3,10H2,1-2H3,(H,20,21). The van der Waals surface area contributed by atoms with Gasteiger partial charge < -0.3 is 19.2 Å². The van der Waals surface area contributed by atoms with Gasteiger partial charge in [0.25, 0.3) is 0 Å². The van der Waals surface area contributed by atoms with Crippen molar-refractivity contribution in [3.05, 3.63) is 40.9 Å². The molecule has 6 nitrogen and oxygen atoms in total. The first kappa shape index (κ1) is 17.3. The molecule has 7 heteroatoms. The molecule has 3 rings (SSSR count). The molecule has 0 aliphatic heterocycles. The highest BCUT2D eigenvalue weighted by atomic mass is 79.9. The molecule has 0 aliphatic carbocycles. The summed E-state index contributed by atoms with van der Waals surface area (Å²) in [7, 11) is 1.32. The summed E-state index contributed by atoms with van der Waals surface area (Å²) in [6.07, 6.45) is 0. The number of carbonyl (C=O) groups excluding carboxylic acids is 1. The van der Waals surface area contributed by atoms with Crippen molar-refractivity contribution in [2.75, 3.05) is 20.3 Å². The van der Waals surface area contributed by atoms with Crippen LogP contribution in [0.15, 0.2) is 40.9 Å². The van der Waals surface area contributed by atoms with E-state index >= 15 is 0 Å². The predicted molar refractivity (Wildman–Crippen MR) is 97.9 cm³/mol. The number of hydrogen-bond acceptors (Lipinski definition) is 5. The van der Waals surface area contributed by atoms with Crippen molar-refractivity contribution in [3.63, 3.8) is 0 Å². The van der Waals surface area contributed by atoms with E-state index in [1.54, 1.807) is 6.07 Å². The maximum absolute atomic E-state index is 11.3. The number of carbonyl (C=O) groups is 1. The lowest BCUT2D eigenvalue weighted by Crippen LogP contribution is -2.13. The predicted octanol–water partition coefficient (Wildman–Crippen LogP) is 3.94. The quantitative estimate of drug-likeness (QED) is 0.629. The molecule has 0 atom stereocenters. The highest BCUT2D eigenvalue weighted by Gasteiger charge is 2.12. The summed E-state index contributed by atoms with van der Waals surface area (Å²) in [5.74, 6) is 1.31. The van der Waals surface area contributed by atoms with Gasteiger partial charge in [-0.3, -0.25) is 0 Å². The monoisotopic (exact) mass is 404 g/mol. The van der Waals surface area contributed by atoms with Crippen LogP contribution in [0.25, 0.3) is 22.4 Å². The number of H-pyrrole nitrogens is 1. The normalized spacial score (nSPS) is 10.7. The molecule has 1 aromatic heterocycles. The summed E-state index contributed by atoms with van der Waals surface area (Å²) in [5, 5.41) is 0. The minimum atomic E-state index is -0.450. The van der Waals surface area contributed by atoms with Gasteiger partial charge in [0.1, 0.15) is 5.82 Å². The largest absolute Gasteiger partial charge is 0.490 e. The Balaban J connectivity index is 1.92. The number of aromatic nitrogens is 2. The Morgan fingerprint density at radius 2 is 2.00 bits per heavy atom. The lowest BCUT2D eigenvalue weighted by molar-refractivity contribution is -0.142. The molecule has 2 aromatic carbocycles. The van der Waals surface area contributed by atoms with Crippen molar-refractivity contribution >= 4 is 32.9 Å². The SMILES string of the molecule is CCOc1cc(-c2nc3ccc(Br)cc3[nH]2)ccc1OCC(=O)OC. The molecule has 0 saturated heterocycles. The molecule has 25 heavy (non-hydrogen) atoms. The molecule has 0 spiro atoms. The van der Waals surface area contributed by atoms with Crippen molar-refractivity contribution in [2.24, 2.45) is 0 Å². The van der Waals surface area contributed by atoms with Gasteiger partial charge in [-0.05, 0) is 43.3 Å². The third kappa shape index (κ3) is 3.93. The molecular formula is C18H17BrN2O4. The molecule has 1 heterocycles. The van der Waals surface area contributed by atoms with Gasteiger partial charge in [0.05, 0.1) is 24.8 Å². The van der Waals surface area contributed by atoms with Gasteiger partial charge in [0, 0.05) is 10.0 Å². The minimum Gasteiger partial charge on any atom is -0.490 e. The van der Waals surface area contributed by atoms with Gasteiger partial charge in [0.15, 0.2) is 18.1 Å². The number of halogens is 1. The third-order valence-electron chi connectivity index (χ3n) is 3.53. The average Bonchev–Trinajstić information content (AvgIpc) is 3.03. The van der Waals surface area contributed by atoms with Crippen LogP contribution in [0.2, 0.25) is 0 Å². The van der Waals surface area contributed by atoms with Crippen LogP contribution in [-0.2, 0) is 9.53 Å². The second kappa shape index (κ2) is 7.57. The van der Waals surface area contributed by atoms with Crippen LogP contribution in [0.5, 0.6) is 11.5 Å². The van der Waals surface area contributed by atoms with Crippen molar-refractivity contribution in [1.29, 1.82) is 0 Å². The lowest BCUT2D eigenvalue weighted by Gasteiger charge is -2.12. The molecule has 0 amide bonds. The van der Waals surface area contributed by atoms with Crippen LogP contribution in [-0.4, -0.2) is 36.3 Å². The number of hydrogen-bond donors (Lipinski definition) is 1. The van der Waals surface area contributed by atoms with Gasteiger partial charge in [-0.1, -0.05) is 15.9 Å². The zero-order chi connectivity index (χ0) is 17.8. The number of nitrogens with zero attached hydrogens (tertiary/aromatic N) is 1. The second-order valence-electron chi connectivity index (χ2n) is 5.21. The number of esters is 1. The first-order valence-corrected chi connectivity index (χ1v) is 8.52. The molecule has 0 saturated carbocycles. The zero-order valence-corrected chi connectivity index (χ0v) is 15.4. The summed E-state index contributed by atoms with van der Waals surface area (Å²) in [6.45, 7) is 2.19. The Morgan fingerprint density at radius 1 is 1.16 bits per heavy atom. The number of benzene rings is 2. The summed E-state index contributed by atoms with van der Waals surface area (Å²) in [4.78, 5) is 19.1. The zero-order valence-electron chi connectivity index (χ0n) is 13.8. The molecule has 0 fully saturated rings. The first-order chi connectivity index (χ1) is 12.1. The maximum atomic E-state index is 11.3. The van der Waals surface area contributed by atoms with E-state index in [0.29, 0.717) is 18.1 Å². The summed E-state index contributed by atoms with van der Waals surface area (Å²) in [5.41, 5.74) is 2.68. The fourth-order valence-corrected chi connectivity index (χ4v) is 2.72. The van der Waals surface area contributed by atoms with Gasteiger partial charge in [-0.25, -0.2) is 9.78 Å². The average molecular weight is 405 g/mol. The molecular weight excluding hydrogens is 388 g/mol. The molecule has 0 unspecified atom stereocenters. The lowest BCUT2D eigenvalue weighted by atomic mass is 10.2. The summed E-state index contributed by atoms with van der Waals surface area (Å²) in [6, 6.07) is 11.3. The van der Waals surface area contributed by atoms with Gasteiger partial charge in [-0.15, -0.1) is 0 Å². The summed E-state index contributed by atoms with van der Waals surface area (Å²) >= 11 is 3.45. The van der Waals surface area contributed by atoms with Gasteiger partial charge in [-0.2, -0.15) is 0 Å².